The van der Waals surface area contributed by atoms with Crippen molar-refractivity contribution in [3.8, 4) is 0 Å². The van der Waals surface area contributed by atoms with Crippen molar-refractivity contribution in [1.29, 1.82) is 0 Å². The van der Waals surface area contributed by atoms with Crippen molar-refractivity contribution in [3.63, 3.8) is 0 Å². The van der Waals surface area contributed by atoms with Gasteiger partial charge in [-0.15, -0.1) is 16.9 Å². The Bertz CT molecular complexity index is 1150. The van der Waals surface area contributed by atoms with E-state index < -0.39 is 24.0 Å². The van der Waals surface area contributed by atoms with Crippen LogP contribution in [0, 0.1) is 11.8 Å². The van der Waals surface area contributed by atoms with Gasteiger partial charge in [0.15, 0.2) is 0 Å². The van der Waals surface area contributed by atoms with Gasteiger partial charge in [0.2, 0.25) is 17.7 Å². The number of hydrogen-bond acceptors (Lipinski definition) is 11. The quantitative estimate of drug-likeness (QED) is 0.204. The maximum absolute atomic E-state index is 13.1. The fourth-order valence-electron chi connectivity index (χ4n) is 5.90. The number of β-lactam (4-membered cyclic amide) rings is 1. The van der Waals surface area contributed by atoms with Crippen LogP contribution in [0.4, 0.5) is 0 Å². The van der Waals surface area contributed by atoms with Crippen molar-refractivity contribution in [2.75, 3.05) is 19.6 Å². The minimum absolute atomic E-state index is 0.00719. The van der Waals surface area contributed by atoms with Gasteiger partial charge in [0.05, 0.1) is 18.0 Å². The van der Waals surface area contributed by atoms with Crippen molar-refractivity contribution in [1.82, 2.24) is 40.6 Å². The molecule has 3 unspecified atom stereocenters. The van der Waals surface area contributed by atoms with E-state index in [9.17, 15) is 24.3 Å². The number of nitrogens with one attached hydrogen (secondary N) is 2. The topological polar surface area (TPSA) is 215 Å². The first-order valence-corrected chi connectivity index (χ1v) is 13.5. The van der Waals surface area contributed by atoms with E-state index in [-0.39, 0.29) is 59.3 Å². The molecule has 7 N–H and O–H groups in total. The molecule has 0 saturated carbocycles. The number of fused-ring (bicyclic) bond motifs is 1. The number of carbonyl (C=O) groups is 4. The molecule has 16 heteroatoms. The van der Waals surface area contributed by atoms with Crippen LogP contribution in [0.25, 0.3) is 0 Å². The van der Waals surface area contributed by atoms with E-state index in [0.29, 0.717) is 31.0 Å². The van der Waals surface area contributed by atoms with Gasteiger partial charge in [-0.25, -0.2) is 9.48 Å². The zero-order valence-corrected chi connectivity index (χ0v) is 21.9. The number of thioether (sulfide) groups is 1. The average molecular weight is 549 g/mol. The molecule has 0 radical (unpaired) electrons. The van der Waals surface area contributed by atoms with Crippen LogP contribution in [-0.2, 0) is 25.7 Å². The van der Waals surface area contributed by atoms with Crippen LogP contribution < -0.4 is 22.1 Å². The second-order valence-electron chi connectivity index (χ2n) is 10.4. The van der Waals surface area contributed by atoms with Gasteiger partial charge in [-0.1, -0.05) is 6.92 Å². The molecule has 1 aromatic rings. The van der Waals surface area contributed by atoms with Crippen LogP contribution in [0.1, 0.15) is 20.3 Å². The summed E-state index contributed by atoms with van der Waals surface area (Å²) in [6, 6.07) is -1.76. The number of hydrogen-bond donors (Lipinski definition) is 5. The fraction of sp³-hybridized carbons (Fsp3) is 0.682. The Morgan fingerprint density at radius 3 is 2.63 bits per heavy atom. The van der Waals surface area contributed by atoms with E-state index in [0.717, 1.165) is 0 Å². The van der Waals surface area contributed by atoms with Gasteiger partial charge in [-0.3, -0.25) is 14.4 Å². The molecule has 0 aromatic carbocycles. The summed E-state index contributed by atoms with van der Waals surface area (Å²) < 4.78 is 1.27. The SMILES string of the molecule is C[C@@H](NC(=O)Cn1cnnn1)[C@H]1C(=O)N2C(C(=O)O)=C(S[C@@H]3CNC(C(=O)N4CC(N)C(N)C4)C3)[C@H](C)[C@@H]12. The van der Waals surface area contributed by atoms with E-state index in [1.165, 1.54) is 27.7 Å². The molecule has 3 fully saturated rings. The second kappa shape index (κ2) is 10.2. The van der Waals surface area contributed by atoms with Gasteiger partial charge in [-0.2, -0.15) is 0 Å². The summed E-state index contributed by atoms with van der Waals surface area (Å²) in [5, 5.41) is 26.7. The third-order valence-electron chi connectivity index (χ3n) is 7.82. The molecule has 3 amide bonds. The van der Waals surface area contributed by atoms with Gasteiger partial charge >= 0.3 is 5.97 Å². The highest BCUT2D eigenvalue weighted by molar-refractivity contribution is 8.03. The van der Waals surface area contributed by atoms with Gasteiger partial charge in [0, 0.05) is 53.8 Å². The number of carbonyl (C=O) groups excluding carboxylic acids is 3. The minimum Gasteiger partial charge on any atom is -0.477 e. The van der Waals surface area contributed by atoms with Crippen molar-refractivity contribution in [3.05, 3.63) is 16.9 Å². The minimum atomic E-state index is -1.16. The first kappa shape index (κ1) is 26.5. The summed E-state index contributed by atoms with van der Waals surface area (Å²) in [5.74, 6) is -2.69. The van der Waals surface area contributed by atoms with Crippen LogP contribution in [0.3, 0.4) is 0 Å². The van der Waals surface area contributed by atoms with Crippen molar-refractivity contribution in [2.45, 2.75) is 62.3 Å². The van der Waals surface area contributed by atoms with E-state index in [1.54, 1.807) is 11.8 Å². The first-order chi connectivity index (χ1) is 18.1. The van der Waals surface area contributed by atoms with E-state index in [4.69, 9.17) is 11.5 Å². The number of tetrazole rings is 1. The molecule has 38 heavy (non-hydrogen) atoms. The molecule has 0 aliphatic carbocycles. The summed E-state index contributed by atoms with van der Waals surface area (Å²) in [7, 11) is 0. The zero-order chi connectivity index (χ0) is 27.3. The fourth-order valence-corrected chi connectivity index (χ4v) is 7.38. The molecule has 1 aromatic heterocycles. The molecular weight excluding hydrogens is 516 g/mol. The van der Waals surface area contributed by atoms with Gasteiger partial charge in [0.1, 0.15) is 18.6 Å². The zero-order valence-electron chi connectivity index (χ0n) is 21.1. The summed E-state index contributed by atoms with van der Waals surface area (Å²) >= 11 is 1.41. The normalized spacial score (nSPS) is 33.4. The molecule has 206 valence electrons. The molecule has 5 heterocycles. The lowest BCUT2D eigenvalue weighted by molar-refractivity contribution is -0.158. The highest BCUT2D eigenvalue weighted by atomic mass is 32.2. The number of aromatic nitrogens is 4. The smallest absolute Gasteiger partial charge is 0.353 e. The van der Waals surface area contributed by atoms with E-state index in [1.807, 2.05) is 6.92 Å². The number of rotatable bonds is 8. The first-order valence-electron chi connectivity index (χ1n) is 12.6. The molecule has 0 spiro atoms. The monoisotopic (exact) mass is 548 g/mol. The predicted molar refractivity (Wildman–Crippen MR) is 134 cm³/mol. The number of carboxylic acid groups (broad SMARTS) is 1. The summed E-state index contributed by atoms with van der Waals surface area (Å²) in [6.45, 7) is 4.93. The van der Waals surface area contributed by atoms with Crippen molar-refractivity contribution < 1.29 is 24.3 Å². The molecule has 4 aliphatic rings. The molecule has 8 atom stereocenters. The summed E-state index contributed by atoms with van der Waals surface area (Å²) in [6.07, 6.45) is 1.84. The Labute approximate surface area is 222 Å². The number of carboxylic acids is 1. The Kier molecular flexibility index (Phi) is 7.15. The lowest BCUT2D eigenvalue weighted by atomic mass is 9.78. The average Bonchev–Trinajstić information content (AvgIpc) is 3.63. The van der Waals surface area contributed by atoms with Crippen molar-refractivity contribution >= 4 is 35.5 Å². The molecule has 3 saturated heterocycles. The largest absolute Gasteiger partial charge is 0.477 e. The van der Waals surface area contributed by atoms with Crippen LogP contribution in [0.5, 0.6) is 0 Å². The summed E-state index contributed by atoms with van der Waals surface area (Å²) in [5.41, 5.74) is 11.9. The number of likely N-dealkylation sites (tertiary alicyclic amines) is 1. The Morgan fingerprint density at radius 1 is 1.29 bits per heavy atom. The van der Waals surface area contributed by atoms with Crippen LogP contribution in [0.15, 0.2) is 16.9 Å². The van der Waals surface area contributed by atoms with Crippen LogP contribution >= 0.6 is 11.8 Å². The van der Waals surface area contributed by atoms with Gasteiger partial charge in [-0.05, 0) is 23.8 Å². The Balaban J connectivity index is 1.23. The lowest BCUT2D eigenvalue weighted by Gasteiger charge is -2.47. The lowest BCUT2D eigenvalue weighted by Crippen LogP contribution is -2.66. The molecular formula is C22H32N10O5S. The third-order valence-corrected chi connectivity index (χ3v) is 9.33. The number of amides is 3. The maximum Gasteiger partial charge on any atom is 0.353 e. The van der Waals surface area contributed by atoms with Gasteiger partial charge < -0.3 is 37.0 Å². The van der Waals surface area contributed by atoms with Gasteiger partial charge in [0.25, 0.3) is 0 Å². The maximum atomic E-state index is 13.1. The standard InChI is InChI=1S/C22H32N10O5S/c1-9-17-16(10(2)27-15(33)7-31-8-26-28-29-31)21(35)32(17)18(22(36)37)19(9)38-11-3-14(25-4-11)20(34)30-5-12(23)13(24)6-30/h8-14,16-17,25H,3-7,23-24H2,1-2H3,(H,27,33)(H,36,37)/t9-,10-,11+,12?,13?,14?,16-,17+/m1/s1. The molecule has 4 aliphatic heterocycles. The number of aliphatic carboxylic acids is 1. The Morgan fingerprint density at radius 2 is 2.00 bits per heavy atom. The Hall–Kier alpha value is -3.08. The highest BCUT2D eigenvalue weighted by Gasteiger charge is 2.60. The predicted octanol–water partition coefficient (Wildman–Crippen LogP) is -3.09. The summed E-state index contributed by atoms with van der Waals surface area (Å²) in [4.78, 5) is 54.4. The van der Waals surface area contributed by atoms with Crippen molar-refractivity contribution in [2.24, 2.45) is 23.3 Å². The van der Waals surface area contributed by atoms with E-state index >= 15 is 0 Å². The number of nitrogens with zero attached hydrogens (tertiary/aromatic N) is 6. The third kappa shape index (κ3) is 4.65. The highest BCUT2D eigenvalue weighted by Crippen LogP contribution is 2.51. The molecule has 0 bridgehead atoms. The molecule has 15 nitrogen and oxygen atoms in total. The molecule has 5 rings (SSSR count). The van der Waals surface area contributed by atoms with E-state index in [2.05, 4.69) is 26.2 Å². The number of nitrogens with two attached hydrogens (primary N) is 2. The second-order valence-corrected chi connectivity index (χ2v) is 11.7. The van der Waals surface area contributed by atoms with Crippen LogP contribution in [0.2, 0.25) is 0 Å². The van der Waals surface area contributed by atoms with Crippen LogP contribution in [-0.4, -0.2) is 114 Å².